The van der Waals surface area contributed by atoms with Crippen LogP contribution in [0.5, 0.6) is 5.75 Å². The zero-order valence-corrected chi connectivity index (χ0v) is 19.9. The van der Waals surface area contributed by atoms with Crippen LogP contribution < -0.4 is 9.64 Å². The van der Waals surface area contributed by atoms with Crippen molar-refractivity contribution in [3.63, 3.8) is 0 Å². The monoisotopic (exact) mass is 495 g/mol. The van der Waals surface area contributed by atoms with E-state index in [2.05, 4.69) is 4.90 Å². The molecule has 1 N–H and O–H groups in total. The van der Waals surface area contributed by atoms with E-state index in [1.54, 1.807) is 29.0 Å². The van der Waals surface area contributed by atoms with E-state index < -0.39 is 0 Å². The lowest BCUT2D eigenvalue weighted by atomic mass is 10.1. The molecule has 2 aromatic rings. The van der Waals surface area contributed by atoms with Crippen molar-refractivity contribution in [2.75, 3.05) is 38.1 Å². The molecule has 0 spiro atoms. The summed E-state index contributed by atoms with van der Waals surface area (Å²) in [6.07, 6.45) is 0.818. The van der Waals surface area contributed by atoms with Gasteiger partial charge in [-0.15, -0.1) is 0 Å². The fourth-order valence-electron chi connectivity index (χ4n) is 4.94. The number of aliphatic hydroxyl groups is 1. The van der Waals surface area contributed by atoms with Gasteiger partial charge in [0.2, 0.25) is 0 Å². The van der Waals surface area contributed by atoms with Crippen molar-refractivity contribution in [1.29, 1.82) is 0 Å². The quantitative estimate of drug-likeness (QED) is 0.670. The normalized spacial score (nSPS) is 25.7. The molecule has 2 fully saturated rings. The number of β-amino-alcohol motifs (C(OH)–C–C–N with tert-alkyl or cyclic N) is 1. The van der Waals surface area contributed by atoms with Crippen LogP contribution in [-0.2, 0) is 6.42 Å². The van der Waals surface area contributed by atoms with E-state index in [-0.39, 0.29) is 24.3 Å². The van der Waals surface area contributed by atoms with Crippen LogP contribution in [0.25, 0.3) is 0 Å². The Morgan fingerprint density at radius 1 is 1.06 bits per heavy atom. The third kappa shape index (κ3) is 3.93. The summed E-state index contributed by atoms with van der Waals surface area (Å²) in [5.74, 6) is 0.616. The molecule has 1 aliphatic carbocycles. The summed E-state index contributed by atoms with van der Waals surface area (Å²) in [5.41, 5.74) is 2.62. The summed E-state index contributed by atoms with van der Waals surface area (Å²) in [6.45, 7) is 2.62. The number of likely N-dealkylation sites (tertiary alicyclic amines) is 1. The number of likely N-dealkylation sites (N-methyl/N-ethyl adjacent to an activating group) is 1. The Balaban J connectivity index is 1.49. The first-order valence-electron chi connectivity index (χ1n) is 10.7. The molecule has 0 saturated carbocycles. The van der Waals surface area contributed by atoms with Crippen LogP contribution in [0.15, 0.2) is 30.3 Å². The van der Waals surface area contributed by atoms with Crippen molar-refractivity contribution in [2.24, 2.45) is 0 Å². The average Bonchev–Trinajstić information content (AvgIpc) is 3.42. The van der Waals surface area contributed by atoms with Gasteiger partial charge in [0.05, 0.1) is 22.9 Å². The van der Waals surface area contributed by atoms with Gasteiger partial charge in [-0.05, 0) is 42.7 Å². The number of anilines is 1. The Morgan fingerprint density at radius 3 is 2.56 bits per heavy atom. The number of aliphatic hydroxyl groups excluding tert-OH is 1. The number of amides is 2. The summed E-state index contributed by atoms with van der Waals surface area (Å²) in [4.78, 5) is 18.1. The molecule has 32 heavy (non-hydrogen) atoms. The molecule has 170 valence electrons. The summed E-state index contributed by atoms with van der Waals surface area (Å²) in [5, 5.41) is 11.8. The van der Waals surface area contributed by atoms with Crippen LogP contribution in [0, 0.1) is 0 Å². The minimum atomic E-state index is -0.335. The first-order valence-corrected chi connectivity index (χ1v) is 11.8. The van der Waals surface area contributed by atoms with E-state index in [1.807, 2.05) is 18.2 Å². The van der Waals surface area contributed by atoms with Crippen LogP contribution >= 0.6 is 34.8 Å². The minimum absolute atomic E-state index is 0.0248. The van der Waals surface area contributed by atoms with Gasteiger partial charge in [0.1, 0.15) is 11.9 Å². The Bertz CT molecular complexity index is 1070. The number of ether oxygens (including phenoxy) is 1. The molecule has 2 aliphatic heterocycles. The molecular formula is C23H24Cl3N3O3. The fraction of sp³-hybridized carbons (Fsp3) is 0.435. The van der Waals surface area contributed by atoms with Crippen molar-refractivity contribution in [2.45, 2.75) is 31.1 Å². The highest BCUT2D eigenvalue weighted by atomic mass is 35.5. The van der Waals surface area contributed by atoms with Crippen LogP contribution in [-0.4, -0.2) is 66.3 Å². The number of benzene rings is 2. The number of halogens is 3. The Labute approximate surface area is 202 Å². The van der Waals surface area contributed by atoms with Crippen LogP contribution in [0.1, 0.15) is 23.7 Å². The third-order valence-electron chi connectivity index (χ3n) is 6.62. The van der Waals surface area contributed by atoms with Gasteiger partial charge in [-0.3, -0.25) is 9.80 Å². The van der Waals surface area contributed by atoms with Crippen molar-refractivity contribution >= 4 is 46.5 Å². The maximum atomic E-state index is 12.5. The van der Waals surface area contributed by atoms with Gasteiger partial charge in [0.15, 0.2) is 0 Å². The molecule has 0 radical (unpaired) electrons. The molecule has 2 heterocycles. The molecular weight excluding hydrogens is 473 g/mol. The van der Waals surface area contributed by atoms with Crippen LogP contribution in [0.2, 0.25) is 15.1 Å². The predicted octanol–water partition coefficient (Wildman–Crippen LogP) is 4.63. The molecule has 2 aromatic carbocycles. The molecule has 9 heteroatoms. The van der Waals surface area contributed by atoms with Gasteiger partial charge in [0, 0.05) is 54.9 Å². The third-order valence-corrected chi connectivity index (χ3v) is 7.49. The fourth-order valence-corrected chi connectivity index (χ4v) is 5.74. The number of rotatable bonds is 4. The largest absolute Gasteiger partial charge is 0.484 e. The lowest BCUT2D eigenvalue weighted by Crippen LogP contribution is -2.39. The van der Waals surface area contributed by atoms with E-state index >= 15 is 0 Å². The first kappa shape index (κ1) is 22.1. The van der Waals surface area contributed by atoms with Crippen LogP contribution in [0.4, 0.5) is 10.5 Å². The summed E-state index contributed by atoms with van der Waals surface area (Å²) >= 11 is 19.3. The number of hydrogen-bond donors (Lipinski definition) is 1. The van der Waals surface area contributed by atoms with E-state index in [0.717, 1.165) is 30.5 Å². The molecule has 6 nitrogen and oxygen atoms in total. The van der Waals surface area contributed by atoms with E-state index in [0.29, 0.717) is 46.1 Å². The van der Waals surface area contributed by atoms with Gasteiger partial charge >= 0.3 is 6.03 Å². The topological polar surface area (TPSA) is 56.3 Å². The smallest absolute Gasteiger partial charge is 0.324 e. The summed E-state index contributed by atoms with van der Waals surface area (Å²) in [7, 11) is 1.77. The molecule has 0 aromatic heterocycles. The Hall–Kier alpha value is -1.70. The molecule has 2 saturated heterocycles. The highest BCUT2D eigenvalue weighted by molar-refractivity contribution is 6.35. The number of urea groups is 1. The van der Waals surface area contributed by atoms with E-state index in [9.17, 15) is 9.90 Å². The second-order valence-corrected chi connectivity index (χ2v) is 9.92. The second kappa shape index (κ2) is 8.58. The zero-order valence-electron chi connectivity index (χ0n) is 17.6. The van der Waals surface area contributed by atoms with E-state index in [1.165, 1.54) is 0 Å². The molecule has 5 rings (SSSR count). The van der Waals surface area contributed by atoms with Crippen molar-refractivity contribution in [1.82, 2.24) is 9.80 Å². The molecule has 3 atom stereocenters. The van der Waals surface area contributed by atoms with Gasteiger partial charge < -0.3 is 14.7 Å². The molecule has 2 amide bonds. The van der Waals surface area contributed by atoms with E-state index in [4.69, 9.17) is 39.5 Å². The van der Waals surface area contributed by atoms with Crippen molar-refractivity contribution in [3.05, 3.63) is 56.5 Å². The van der Waals surface area contributed by atoms with Gasteiger partial charge in [-0.2, -0.15) is 0 Å². The molecule has 0 unspecified atom stereocenters. The van der Waals surface area contributed by atoms with Crippen molar-refractivity contribution in [3.8, 4) is 5.75 Å². The average molecular weight is 497 g/mol. The maximum Gasteiger partial charge on any atom is 0.324 e. The minimum Gasteiger partial charge on any atom is -0.484 e. The maximum absolute atomic E-state index is 12.5. The second-order valence-electron chi connectivity index (χ2n) is 8.67. The van der Waals surface area contributed by atoms with Gasteiger partial charge in [-0.1, -0.05) is 34.8 Å². The summed E-state index contributed by atoms with van der Waals surface area (Å²) in [6, 6.07) is 9.00. The standard InChI is InChI=1S/C23H24Cl3N3O3/c1-27-6-7-29(23(27)31)20-10-15(2-3-18(20)25)32-22-17-8-13(24)9-19(26)16(17)11-21(22)28-5-4-14(30)12-28/h2-3,8-10,14,21-22,30H,4-7,11-12H2,1H3/t14-,21+,22+/m1/s1. The lowest BCUT2D eigenvalue weighted by molar-refractivity contribution is 0.0819. The molecule has 3 aliphatic rings. The number of carbonyl (C=O) groups excluding carboxylic acids is 1. The first-order chi connectivity index (χ1) is 15.3. The van der Waals surface area contributed by atoms with Gasteiger partial charge in [-0.25, -0.2) is 4.79 Å². The molecule has 0 bridgehead atoms. The highest BCUT2D eigenvalue weighted by Crippen LogP contribution is 2.44. The Kier molecular flexibility index (Phi) is 5.93. The zero-order chi connectivity index (χ0) is 22.6. The SMILES string of the molecule is CN1CCN(c2cc(O[C@H]3c4cc(Cl)cc(Cl)c4C[C@@H]3N3CC[C@@H](O)C3)ccc2Cl)C1=O. The van der Waals surface area contributed by atoms with Gasteiger partial charge in [0.25, 0.3) is 0 Å². The number of nitrogens with zero attached hydrogens (tertiary/aromatic N) is 3. The summed E-state index contributed by atoms with van der Waals surface area (Å²) < 4.78 is 6.54. The number of fused-ring (bicyclic) bond motifs is 1. The van der Waals surface area contributed by atoms with Crippen molar-refractivity contribution < 1.29 is 14.6 Å². The number of hydrogen-bond acceptors (Lipinski definition) is 4. The number of carbonyl (C=O) groups is 1. The Morgan fingerprint density at radius 2 is 1.88 bits per heavy atom. The lowest BCUT2D eigenvalue weighted by Gasteiger charge is -2.30. The highest BCUT2D eigenvalue weighted by Gasteiger charge is 2.42. The predicted molar refractivity (Wildman–Crippen MR) is 126 cm³/mol. The van der Waals surface area contributed by atoms with Crippen LogP contribution in [0.3, 0.4) is 0 Å².